The third kappa shape index (κ3) is 4.34. The van der Waals surface area contributed by atoms with E-state index in [1.165, 1.54) is 15.6 Å². The van der Waals surface area contributed by atoms with E-state index in [0.29, 0.717) is 30.4 Å². The minimum absolute atomic E-state index is 0.204. The summed E-state index contributed by atoms with van der Waals surface area (Å²) in [5, 5.41) is 4.12. The lowest BCUT2D eigenvalue weighted by Gasteiger charge is -2.33. The van der Waals surface area contributed by atoms with Crippen molar-refractivity contribution in [2.75, 3.05) is 31.5 Å². The van der Waals surface area contributed by atoms with Crippen molar-refractivity contribution >= 4 is 33.0 Å². The van der Waals surface area contributed by atoms with Gasteiger partial charge in [-0.1, -0.05) is 6.07 Å². The maximum atomic E-state index is 13.7. The van der Waals surface area contributed by atoms with Crippen molar-refractivity contribution in [3.8, 4) is 0 Å². The Bertz CT molecular complexity index is 912. The third-order valence-corrected chi connectivity index (χ3v) is 7.92. The van der Waals surface area contributed by atoms with Crippen molar-refractivity contribution in [3.63, 3.8) is 0 Å². The first-order valence-electron chi connectivity index (χ1n) is 8.43. The Morgan fingerprint density at radius 3 is 2.59 bits per heavy atom. The minimum atomic E-state index is -3.50. The quantitative estimate of drug-likeness (QED) is 0.762. The topological polar surface area (TPSA) is 70.9 Å². The van der Waals surface area contributed by atoms with Crippen LogP contribution in [0.5, 0.6) is 0 Å². The smallest absolute Gasteiger partial charge is 0.282 e. The summed E-state index contributed by atoms with van der Waals surface area (Å²) < 4.78 is 53.7. The molecule has 1 fully saturated rings. The van der Waals surface area contributed by atoms with Gasteiger partial charge in [-0.3, -0.25) is 4.79 Å². The van der Waals surface area contributed by atoms with Crippen LogP contribution in [0, 0.1) is 11.6 Å². The van der Waals surface area contributed by atoms with Gasteiger partial charge < -0.3 is 10.2 Å². The van der Waals surface area contributed by atoms with Crippen LogP contribution in [0.15, 0.2) is 39.9 Å². The van der Waals surface area contributed by atoms with Gasteiger partial charge in [-0.25, -0.2) is 17.2 Å². The lowest BCUT2D eigenvalue weighted by atomic mass is 10.2. The molecule has 1 aliphatic rings. The highest BCUT2D eigenvalue weighted by Crippen LogP contribution is 2.20. The van der Waals surface area contributed by atoms with Crippen LogP contribution in [0.4, 0.5) is 14.5 Å². The van der Waals surface area contributed by atoms with Gasteiger partial charge in [-0.05, 0) is 30.5 Å². The van der Waals surface area contributed by atoms with E-state index in [1.807, 2.05) is 0 Å². The van der Waals surface area contributed by atoms with Gasteiger partial charge in [0.25, 0.3) is 15.9 Å². The molecule has 146 valence electrons. The number of carbonyl (C=O) groups is 1. The summed E-state index contributed by atoms with van der Waals surface area (Å²) in [6.07, 6.45) is 0. The fourth-order valence-electron chi connectivity index (χ4n) is 3.00. The van der Waals surface area contributed by atoms with E-state index in [1.54, 1.807) is 24.4 Å². The number of hydrogen-bond acceptors (Lipinski definition) is 4. The second kappa shape index (κ2) is 8.01. The van der Waals surface area contributed by atoms with Crippen molar-refractivity contribution in [2.45, 2.75) is 17.2 Å². The molecule has 1 aliphatic heterocycles. The number of benzene rings is 1. The molecule has 0 radical (unpaired) electrons. The highest BCUT2D eigenvalue weighted by molar-refractivity contribution is 7.91. The Morgan fingerprint density at radius 1 is 1.26 bits per heavy atom. The second-order valence-electron chi connectivity index (χ2n) is 6.33. The average Bonchev–Trinajstić information content (AvgIpc) is 3.20. The molecule has 1 atom stereocenters. The summed E-state index contributed by atoms with van der Waals surface area (Å²) in [6.45, 7) is 3.17. The number of nitrogens with one attached hydrogen (secondary N) is 2. The molecular weight excluding hydrogens is 396 g/mol. The summed E-state index contributed by atoms with van der Waals surface area (Å²) in [5.41, 5.74) is -0.204. The van der Waals surface area contributed by atoms with Crippen LogP contribution in [0.3, 0.4) is 0 Å². The van der Waals surface area contributed by atoms with E-state index in [0.717, 1.165) is 23.1 Å². The van der Waals surface area contributed by atoms with Gasteiger partial charge in [-0.15, -0.1) is 11.3 Å². The van der Waals surface area contributed by atoms with Crippen LogP contribution in [0.1, 0.15) is 6.92 Å². The number of carbonyl (C=O) groups excluding carboxylic acids is 1. The van der Waals surface area contributed by atoms with E-state index in [2.05, 4.69) is 5.32 Å². The molecule has 1 amide bonds. The fraction of sp³-hybridized carbons (Fsp3) is 0.353. The molecule has 0 aliphatic carbocycles. The fourth-order valence-corrected chi connectivity index (χ4v) is 5.59. The van der Waals surface area contributed by atoms with E-state index < -0.39 is 33.6 Å². The number of anilines is 1. The Kier molecular flexibility index (Phi) is 5.89. The summed E-state index contributed by atoms with van der Waals surface area (Å²) in [6, 6.07) is 5.60. The number of piperazine rings is 1. The highest BCUT2D eigenvalue weighted by atomic mass is 32.2. The second-order valence-corrected chi connectivity index (χ2v) is 9.44. The van der Waals surface area contributed by atoms with E-state index in [9.17, 15) is 22.0 Å². The van der Waals surface area contributed by atoms with Crippen LogP contribution in [-0.2, 0) is 14.8 Å². The molecule has 10 heteroatoms. The Hall–Kier alpha value is -1.88. The SMILES string of the molecule is C[C@@H](C(=O)Nc1cc(F)ccc1F)[NH+]1CCN(S(=O)(=O)c2cccs2)CC1. The van der Waals surface area contributed by atoms with Gasteiger partial charge in [0.15, 0.2) is 6.04 Å². The minimum Gasteiger partial charge on any atom is -0.323 e. The molecular formula is C17H20F2N3O3S2+. The summed E-state index contributed by atoms with van der Waals surface area (Å²) in [4.78, 5) is 13.3. The predicted octanol–water partition coefficient (Wildman–Crippen LogP) is 0.943. The van der Waals surface area contributed by atoms with Gasteiger partial charge in [0, 0.05) is 6.07 Å². The standard InChI is InChI=1S/C17H19F2N3O3S2/c1-12(17(23)20-15-11-13(18)4-5-14(15)19)21-6-8-22(9-7-21)27(24,25)16-3-2-10-26-16/h2-5,10-12H,6-9H2,1H3,(H,20,23)/p+1/t12-/m0/s1. The first-order chi connectivity index (χ1) is 12.8. The van der Waals surface area contributed by atoms with Gasteiger partial charge in [0.05, 0.1) is 31.9 Å². The molecule has 1 aromatic heterocycles. The lowest BCUT2D eigenvalue weighted by Crippen LogP contribution is -3.19. The maximum absolute atomic E-state index is 13.7. The van der Waals surface area contributed by atoms with Crippen LogP contribution in [-0.4, -0.2) is 50.9 Å². The summed E-state index contributed by atoms with van der Waals surface area (Å²) in [5.74, 6) is -1.79. The molecule has 27 heavy (non-hydrogen) atoms. The lowest BCUT2D eigenvalue weighted by molar-refractivity contribution is -0.917. The average molecular weight is 416 g/mol. The van der Waals surface area contributed by atoms with Crippen molar-refractivity contribution in [1.82, 2.24) is 4.31 Å². The zero-order chi connectivity index (χ0) is 19.6. The van der Waals surface area contributed by atoms with Crippen molar-refractivity contribution < 1.29 is 26.9 Å². The first-order valence-corrected chi connectivity index (χ1v) is 10.7. The molecule has 1 aromatic carbocycles. The van der Waals surface area contributed by atoms with E-state index >= 15 is 0 Å². The zero-order valence-corrected chi connectivity index (χ0v) is 16.2. The van der Waals surface area contributed by atoms with Gasteiger partial charge in [-0.2, -0.15) is 4.31 Å². The normalized spacial score (nSPS) is 17.6. The third-order valence-electron chi connectivity index (χ3n) is 4.65. The zero-order valence-electron chi connectivity index (χ0n) is 14.6. The number of amides is 1. The monoisotopic (exact) mass is 416 g/mol. The van der Waals surface area contributed by atoms with Crippen LogP contribution >= 0.6 is 11.3 Å². The van der Waals surface area contributed by atoms with Crippen molar-refractivity contribution in [1.29, 1.82) is 0 Å². The number of sulfonamides is 1. The Balaban J connectivity index is 1.60. The number of rotatable bonds is 5. The summed E-state index contributed by atoms with van der Waals surface area (Å²) >= 11 is 1.17. The van der Waals surface area contributed by atoms with E-state index in [4.69, 9.17) is 0 Å². The number of halogens is 2. The largest absolute Gasteiger partial charge is 0.323 e. The van der Waals surface area contributed by atoms with E-state index in [-0.39, 0.29) is 5.69 Å². The molecule has 2 aromatic rings. The van der Waals surface area contributed by atoms with Crippen molar-refractivity contribution in [3.05, 3.63) is 47.3 Å². The molecule has 3 rings (SSSR count). The van der Waals surface area contributed by atoms with Gasteiger partial charge in [0.1, 0.15) is 15.8 Å². The molecule has 2 heterocycles. The molecule has 6 nitrogen and oxygen atoms in total. The molecule has 0 unspecified atom stereocenters. The predicted molar refractivity (Wildman–Crippen MR) is 98.2 cm³/mol. The molecule has 0 bridgehead atoms. The van der Waals surface area contributed by atoms with Crippen LogP contribution in [0.2, 0.25) is 0 Å². The molecule has 1 saturated heterocycles. The highest BCUT2D eigenvalue weighted by Gasteiger charge is 2.35. The Labute approximate surface area is 160 Å². The van der Waals surface area contributed by atoms with Crippen LogP contribution in [0.25, 0.3) is 0 Å². The number of hydrogen-bond donors (Lipinski definition) is 2. The molecule has 0 spiro atoms. The van der Waals surface area contributed by atoms with Gasteiger partial charge in [0.2, 0.25) is 0 Å². The Morgan fingerprint density at radius 2 is 1.96 bits per heavy atom. The molecule has 0 saturated carbocycles. The summed E-state index contributed by atoms with van der Waals surface area (Å²) in [7, 11) is -3.50. The number of nitrogens with zero attached hydrogens (tertiary/aromatic N) is 1. The molecule has 2 N–H and O–H groups in total. The van der Waals surface area contributed by atoms with Crippen LogP contribution < -0.4 is 10.2 Å². The van der Waals surface area contributed by atoms with Gasteiger partial charge >= 0.3 is 0 Å². The number of thiophene rings is 1. The van der Waals surface area contributed by atoms with Crippen molar-refractivity contribution in [2.24, 2.45) is 0 Å². The number of quaternary nitrogens is 1. The first kappa shape index (κ1) is 19.9. The maximum Gasteiger partial charge on any atom is 0.282 e.